The number of nitrogen functional groups attached to an aromatic ring is 1. The molecule has 0 aliphatic carbocycles. The second kappa shape index (κ2) is 11.0. The molecule has 7 N–H and O–H groups in total. The van der Waals surface area contributed by atoms with Gasteiger partial charge in [-0.25, -0.2) is 23.7 Å². The van der Waals surface area contributed by atoms with E-state index in [-0.39, 0.29) is 57.7 Å². The summed E-state index contributed by atoms with van der Waals surface area (Å²) in [6.07, 6.45) is 0. The smallest absolute Gasteiger partial charge is 0.335 e. The highest BCUT2D eigenvalue weighted by Gasteiger charge is 2.21. The summed E-state index contributed by atoms with van der Waals surface area (Å²) in [7, 11) is 0. The first-order chi connectivity index (χ1) is 20.0. The number of nitrogens with two attached hydrogens (primary N) is 1. The van der Waals surface area contributed by atoms with E-state index in [1.54, 1.807) is 12.1 Å². The number of carbonyl (C=O) groups is 3. The lowest BCUT2D eigenvalue weighted by Crippen LogP contribution is -2.36. The van der Waals surface area contributed by atoms with Crippen LogP contribution in [-0.4, -0.2) is 42.5 Å². The Balaban J connectivity index is 1.33. The number of aromatic carboxylic acids is 1. The Bertz CT molecular complexity index is 2030. The molecule has 0 spiro atoms. The minimum Gasteiger partial charge on any atom is -0.478 e. The SMILES string of the molecule is Nc1c(Nc2cc(CNC(=O)c3cc(C(=O)NCc4ccc(C(=O)O)cc4)nc4n[nH]c(=S)n34)ccc2F)c(=O)c1=O. The summed E-state index contributed by atoms with van der Waals surface area (Å²) in [5, 5.41) is 23.3. The number of fused-ring (bicyclic) bond motifs is 1. The van der Waals surface area contributed by atoms with Crippen molar-refractivity contribution in [3.63, 3.8) is 0 Å². The summed E-state index contributed by atoms with van der Waals surface area (Å²) in [5.41, 5.74) is 4.11. The number of aromatic amines is 1. The number of anilines is 3. The van der Waals surface area contributed by atoms with Gasteiger partial charge in [-0.2, -0.15) is 0 Å². The van der Waals surface area contributed by atoms with Crippen LogP contribution in [0.3, 0.4) is 0 Å². The molecule has 0 atom stereocenters. The summed E-state index contributed by atoms with van der Waals surface area (Å²) >= 11 is 5.21. The van der Waals surface area contributed by atoms with Gasteiger partial charge in [0, 0.05) is 13.1 Å². The first-order valence-corrected chi connectivity index (χ1v) is 12.5. The molecule has 5 aromatic rings. The van der Waals surface area contributed by atoms with Crippen LogP contribution in [0, 0.1) is 10.6 Å². The van der Waals surface area contributed by atoms with Gasteiger partial charge in [0.2, 0.25) is 4.77 Å². The molecule has 42 heavy (non-hydrogen) atoms. The largest absolute Gasteiger partial charge is 0.478 e. The number of carboxylic acids is 1. The topological polar surface area (TPSA) is 214 Å². The van der Waals surface area contributed by atoms with E-state index in [0.717, 1.165) is 6.07 Å². The molecular weight excluding hydrogens is 571 g/mol. The molecule has 0 fully saturated rings. The number of rotatable bonds is 9. The number of H-pyrrole nitrogens is 1. The number of hydrogen-bond donors (Lipinski definition) is 6. The van der Waals surface area contributed by atoms with E-state index in [4.69, 9.17) is 23.1 Å². The fourth-order valence-electron chi connectivity index (χ4n) is 3.96. The molecule has 0 radical (unpaired) electrons. The van der Waals surface area contributed by atoms with Crippen molar-refractivity contribution in [2.75, 3.05) is 11.1 Å². The van der Waals surface area contributed by atoms with Crippen molar-refractivity contribution in [1.82, 2.24) is 30.2 Å². The summed E-state index contributed by atoms with van der Waals surface area (Å²) < 4.78 is 15.6. The Labute approximate surface area is 238 Å². The molecule has 0 aliphatic rings. The third-order valence-corrected chi connectivity index (χ3v) is 6.47. The van der Waals surface area contributed by atoms with Crippen LogP contribution in [0.15, 0.2) is 58.1 Å². The van der Waals surface area contributed by atoms with Gasteiger partial charge in [-0.15, -0.1) is 5.10 Å². The molecule has 0 unspecified atom stereocenters. The number of hydrogen-bond acceptors (Lipinski definition) is 10. The van der Waals surface area contributed by atoms with Crippen molar-refractivity contribution >= 4 is 52.8 Å². The van der Waals surface area contributed by atoms with E-state index in [1.807, 2.05) is 0 Å². The molecule has 16 heteroatoms. The molecule has 3 aromatic carbocycles. The Kier molecular flexibility index (Phi) is 7.28. The highest BCUT2D eigenvalue weighted by Crippen LogP contribution is 2.22. The van der Waals surface area contributed by atoms with Gasteiger partial charge in [0.15, 0.2) is 0 Å². The van der Waals surface area contributed by atoms with Gasteiger partial charge in [-0.05, 0) is 53.7 Å². The molecule has 2 aromatic heterocycles. The number of halogens is 1. The monoisotopic (exact) mass is 590 g/mol. The summed E-state index contributed by atoms with van der Waals surface area (Å²) in [4.78, 5) is 64.3. The Morgan fingerprint density at radius 2 is 1.64 bits per heavy atom. The van der Waals surface area contributed by atoms with Gasteiger partial charge in [0.05, 0.1) is 11.3 Å². The van der Waals surface area contributed by atoms with Crippen LogP contribution in [-0.2, 0) is 13.1 Å². The Morgan fingerprint density at radius 1 is 0.976 bits per heavy atom. The zero-order valence-electron chi connectivity index (χ0n) is 21.2. The third kappa shape index (κ3) is 5.33. The number of carbonyl (C=O) groups excluding carboxylic acids is 2. The van der Waals surface area contributed by atoms with Crippen LogP contribution in [0.25, 0.3) is 5.78 Å². The van der Waals surface area contributed by atoms with Crippen molar-refractivity contribution in [3.8, 4) is 0 Å². The molecule has 0 saturated heterocycles. The zero-order valence-corrected chi connectivity index (χ0v) is 22.0. The Hall–Kier alpha value is -5.77. The van der Waals surface area contributed by atoms with Crippen LogP contribution >= 0.6 is 12.2 Å². The predicted molar refractivity (Wildman–Crippen MR) is 149 cm³/mol. The average molecular weight is 591 g/mol. The minimum atomic E-state index is -1.08. The maximum Gasteiger partial charge on any atom is 0.335 e. The quantitative estimate of drug-likeness (QED) is 0.107. The third-order valence-electron chi connectivity index (χ3n) is 6.20. The van der Waals surface area contributed by atoms with Crippen LogP contribution in [0.2, 0.25) is 0 Å². The summed E-state index contributed by atoms with van der Waals surface area (Å²) in [6.45, 7) is -0.0404. The lowest BCUT2D eigenvalue weighted by molar-refractivity contribution is 0.0696. The minimum absolute atomic E-state index is 0.0394. The van der Waals surface area contributed by atoms with Gasteiger partial charge in [-0.1, -0.05) is 18.2 Å². The zero-order chi connectivity index (χ0) is 30.1. The van der Waals surface area contributed by atoms with Gasteiger partial charge in [-0.3, -0.25) is 19.2 Å². The van der Waals surface area contributed by atoms with Crippen LogP contribution < -0.4 is 32.5 Å². The van der Waals surface area contributed by atoms with Crippen molar-refractivity contribution in [3.05, 3.63) is 108 Å². The summed E-state index contributed by atoms with van der Waals surface area (Å²) in [6, 6.07) is 11.0. The van der Waals surface area contributed by atoms with Crippen molar-refractivity contribution in [1.29, 1.82) is 0 Å². The number of nitrogens with zero attached hydrogens (tertiary/aromatic N) is 3. The first-order valence-electron chi connectivity index (χ1n) is 12.0. The number of benzene rings is 2. The van der Waals surface area contributed by atoms with Crippen molar-refractivity contribution in [2.24, 2.45) is 0 Å². The van der Waals surface area contributed by atoms with Crippen molar-refractivity contribution < 1.29 is 23.9 Å². The number of amides is 2. The number of carboxylic acid groups (broad SMARTS) is 1. The highest BCUT2D eigenvalue weighted by atomic mass is 32.1. The number of nitrogens with one attached hydrogen (secondary N) is 4. The van der Waals surface area contributed by atoms with Gasteiger partial charge < -0.3 is 26.8 Å². The fourth-order valence-corrected chi connectivity index (χ4v) is 4.18. The van der Waals surface area contributed by atoms with E-state index in [9.17, 15) is 28.4 Å². The van der Waals surface area contributed by atoms with E-state index in [0.29, 0.717) is 11.1 Å². The maximum absolute atomic E-state index is 14.3. The standard InChI is InChI=1S/C26H19FN8O6S/c27-14-6-3-12(7-15(14)31-19-18(28)20(36)21(19)37)10-30-23(39)17-8-16(32-25-33-34-26(42)35(17)25)22(38)29-9-11-1-4-13(5-2-11)24(40)41/h1-8,31H,9-10,28H2,(H,29,38)(H,30,39)(H,34,42)(H,40,41). The molecule has 0 bridgehead atoms. The van der Waals surface area contributed by atoms with Gasteiger partial charge in [0.1, 0.15) is 28.6 Å². The van der Waals surface area contributed by atoms with E-state index in [2.05, 4.69) is 31.1 Å². The predicted octanol–water partition coefficient (Wildman–Crippen LogP) is 1.41. The van der Waals surface area contributed by atoms with Gasteiger partial charge in [0.25, 0.3) is 28.4 Å². The molecule has 5 rings (SSSR count). The Morgan fingerprint density at radius 3 is 2.33 bits per heavy atom. The van der Waals surface area contributed by atoms with Crippen LogP contribution in [0.4, 0.5) is 21.5 Å². The lowest BCUT2D eigenvalue weighted by Gasteiger charge is -2.13. The normalized spacial score (nSPS) is 11.0. The van der Waals surface area contributed by atoms with E-state index < -0.39 is 34.5 Å². The molecule has 0 aliphatic heterocycles. The fraction of sp³-hybridized carbons (Fsp3) is 0.0769. The molecular formula is C26H19FN8O6S. The number of aromatic nitrogens is 4. The lowest BCUT2D eigenvalue weighted by atomic mass is 10.1. The van der Waals surface area contributed by atoms with Crippen molar-refractivity contribution in [2.45, 2.75) is 13.1 Å². The molecule has 2 heterocycles. The summed E-state index contributed by atoms with van der Waals surface area (Å²) in [5.74, 6) is -3.12. The second-order valence-electron chi connectivity index (χ2n) is 8.94. The molecule has 2 amide bonds. The molecule has 14 nitrogen and oxygen atoms in total. The first kappa shape index (κ1) is 27.8. The van der Waals surface area contributed by atoms with Crippen LogP contribution in [0.1, 0.15) is 42.5 Å². The van der Waals surface area contributed by atoms with Gasteiger partial charge >= 0.3 is 5.97 Å². The van der Waals surface area contributed by atoms with E-state index in [1.165, 1.54) is 34.7 Å². The second-order valence-corrected chi connectivity index (χ2v) is 9.33. The van der Waals surface area contributed by atoms with Crippen LogP contribution in [0.5, 0.6) is 0 Å². The molecule has 0 saturated carbocycles. The maximum atomic E-state index is 14.3. The highest BCUT2D eigenvalue weighted by molar-refractivity contribution is 7.71. The molecule has 212 valence electrons. The average Bonchev–Trinajstić information content (AvgIpc) is 3.37. The van der Waals surface area contributed by atoms with E-state index >= 15 is 0 Å².